The summed E-state index contributed by atoms with van der Waals surface area (Å²) >= 11 is 0. The molecular weight excluding hydrogens is 324 g/mol. The van der Waals surface area contributed by atoms with E-state index >= 15 is 0 Å². The maximum absolute atomic E-state index is 12.2. The van der Waals surface area contributed by atoms with Crippen LogP contribution in [0.15, 0.2) is 48.5 Å². The summed E-state index contributed by atoms with van der Waals surface area (Å²) in [7, 11) is 0. The summed E-state index contributed by atoms with van der Waals surface area (Å²) in [4.78, 5) is 45.8. The van der Waals surface area contributed by atoms with E-state index < -0.39 is 17.8 Å². The van der Waals surface area contributed by atoms with Crippen LogP contribution in [0.1, 0.15) is 34.1 Å². The number of aromatic carboxylic acids is 1. The normalized spacial score (nSPS) is 9.96. The Bertz CT molecular complexity index is 828. The molecule has 2 rings (SSSR count). The zero-order valence-corrected chi connectivity index (χ0v) is 13.4. The van der Waals surface area contributed by atoms with Crippen molar-refractivity contribution in [3.05, 3.63) is 59.7 Å². The van der Waals surface area contributed by atoms with Crippen molar-refractivity contribution >= 4 is 34.9 Å². The fourth-order valence-electron chi connectivity index (χ4n) is 2.13. The highest BCUT2D eigenvalue weighted by Crippen LogP contribution is 2.16. The second-order valence-corrected chi connectivity index (χ2v) is 5.31. The van der Waals surface area contributed by atoms with E-state index in [2.05, 4.69) is 10.6 Å². The maximum atomic E-state index is 12.2. The topological polar surface area (TPSA) is 113 Å². The van der Waals surface area contributed by atoms with Gasteiger partial charge in [0.2, 0.25) is 5.91 Å². The van der Waals surface area contributed by atoms with Crippen LogP contribution < -0.4 is 10.6 Å². The minimum absolute atomic E-state index is 0.0498. The molecule has 7 nitrogen and oxygen atoms in total. The third kappa shape index (κ3) is 5.00. The van der Waals surface area contributed by atoms with Gasteiger partial charge in [0.1, 0.15) is 5.78 Å². The van der Waals surface area contributed by atoms with Gasteiger partial charge in [0.15, 0.2) is 0 Å². The van der Waals surface area contributed by atoms with Gasteiger partial charge in [-0.15, -0.1) is 0 Å². The first kappa shape index (κ1) is 17.9. The Balaban J connectivity index is 2.06. The molecule has 128 valence electrons. The van der Waals surface area contributed by atoms with Crippen molar-refractivity contribution < 1.29 is 24.3 Å². The molecule has 0 atom stereocenters. The predicted octanol–water partition coefficient (Wildman–Crippen LogP) is 2.55. The van der Waals surface area contributed by atoms with Gasteiger partial charge in [-0.05, 0) is 43.3 Å². The number of carboxylic acids is 1. The van der Waals surface area contributed by atoms with Gasteiger partial charge >= 0.3 is 5.97 Å². The molecule has 0 aliphatic rings. The molecule has 0 spiro atoms. The summed E-state index contributed by atoms with van der Waals surface area (Å²) in [5.74, 6) is -2.39. The first-order chi connectivity index (χ1) is 11.9. The van der Waals surface area contributed by atoms with E-state index in [0.717, 1.165) is 0 Å². The number of rotatable bonds is 6. The molecule has 0 aromatic heterocycles. The first-order valence-corrected chi connectivity index (χ1v) is 7.40. The number of amides is 2. The van der Waals surface area contributed by atoms with Gasteiger partial charge in [0.25, 0.3) is 5.91 Å². The van der Waals surface area contributed by atoms with Crippen molar-refractivity contribution in [2.75, 3.05) is 10.6 Å². The molecule has 0 aliphatic heterocycles. The second kappa shape index (κ2) is 7.87. The smallest absolute Gasteiger partial charge is 0.336 e. The Hall–Kier alpha value is -3.48. The third-order valence-corrected chi connectivity index (χ3v) is 3.24. The predicted molar refractivity (Wildman–Crippen MR) is 91.7 cm³/mol. The Morgan fingerprint density at radius 3 is 1.88 bits per heavy atom. The highest BCUT2D eigenvalue weighted by Gasteiger charge is 2.15. The van der Waals surface area contributed by atoms with E-state index in [0.29, 0.717) is 11.4 Å². The number of ketones is 1. The van der Waals surface area contributed by atoms with Gasteiger partial charge in [-0.3, -0.25) is 14.4 Å². The molecular formula is C18H16N2O5. The third-order valence-electron chi connectivity index (χ3n) is 3.24. The Morgan fingerprint density at radius 1 is 0.840 bits per heavy atom. The molecule has 2 aromatic rings. The van der Waals surface area contributed by atoms with Crippen LogP contribution in [-0.2, 0) is 9.59 Å². The molecule has 2 amide bonds. The van der Waals surface area contributed by atoms with Crippen LogP contribution in [-0.4, -0.2) is 28.7 Å². The Morgan fingerprint density at radius 2 is 1.36 bits per heavy atom. The molecule has 3 N–H and O–H groups in total. The maximum Gasteiger partial charge on any atom is 0.336 e. The molecule has 2 aromatic carbocycles. The summed E-state index contributed by atoms with van der Waals surface area (Å²) in [6, 6.07) is 12.1. The fraction of sp³-hybridized carbons (Fsp3) is 0.111. The molecule has 25 heavy (non-hydrogen) atoms. The molecule has 0 fully saturated rings. The monoisotopic (exact) mass is 340 g/mol. The van der Waals surface area contributed by atoms with Crippen LogP contribution in [0.25, 0.3) is 0 Å². The summed E-state index contributed by atoms with van der Waals surface area (Å²) < 4.78 is 0. The quantitative estimate of drug-likeness (QED) is 0.700. The van der Waals surface area contributed by atoms with Crippen LogP contribution in [0.3, 0.4) is 0 Å². The lowest BCUT2D eigenvalue weighted by Gasteiger charge is -2.09. The van der Waals surface area contributed by atoms with Crippen molar-refractivity contribution in [3.8, 4) is 0 Å². The summed E-state index contributed by atoms with van der Waals surface area (Å²) in [6.45, 7) is 1.33. The van der Waals surface area contributed by atoms with Gasteiger partial charge in [-0.2, -0.15) is 0 Å². The number of carbonyl (C=O) groups is 4. The van der Waals surface area contributed by atoms with Crippen molar-refractivity contribution in [2.24, 2.45) is 0 Å². The average Bonchev–Trinajstić information content (AvgIpc) is 2.55. The van der Waals surface area contributed by atoms with Crippen LogP contribution in [0.4, 0.5) is 11.4 Å². The van der Waals surface area contributed by atoms with Crippen molar-refractivity contribution in [1.29, 1.82) is 0 Å². The fourth-order valence-corrected chi connectivity index (χ4v) is 2.13. The van der Waals surface area contributed by atoms with E-state index in [1.165, 1.54) is 19.1 Å². The number of anilines is 2. The highest BCUT2D eigenvalue weighted by molar-refractivity contribution is 6.10. The van der Waals surface area contributed by atoms with E-state index in [1.807, 2.05) is 0 Å². The largest absolute Gasteiger partial charge is 0.478 e. The van der Waals surface area contributed by atoms with E-state index in [4.69, 9.17) is 5.11 Å². The lowest BCUT2D eigenvalue weighted by molar-refractivity contribution is -0.124. The van der Waals surface area contributed by atoms with Crippen LogP contribution in [0.2, 0.25) is 0 Å². The molecule has 0 saturated heterocycles. The van der Waals surface area contributed by atoms with Crippen molar-refractivity contribution in [3.63, 3.8) is 0 Å². The highest BCUT2D eigenvalue weighted by atomic mass is 16.4. The summed E-state index contributed by atoms with van der Waals surface area (Å²) in [5, 5.41) is 14.3. The lowest BCUT2D eigenvalue weighted by Crippen LogP contribution is -2.16. The number of Topliss-reactive ketones (excluding diaryl/α,β-unsaturated/α-hetero) is 1. The lowest BCUT2D eigenvalue weighted by atomic mass is 10.1. The molecule has 7 heteroatoms. The number of carbonyl (C=O) groups excluding carboxylic acids is 3. The standard InChI is InChI=1S/C18H16N2O5/c1-11(21)10-16(22)19-12-6-8-13(9-7-12)20-17(23)14-4-2-3-5-15(14)18(24)25/h2-9H,10H2,1H3,(H,19,22)(H,20,23)(H,24,25). The van der Waals surface area contributed by atoms with Gasteiger partial charge in [-0.25, -0.2) is 4.79 Å². The number of carboxylic acid groups (broad SMARTS) is 1. The van der Waals surface area contributed by atoms with Crippen molar-refractivity contribution in [1.82, 2.24) is 0 Å². The van der Waals surface area contributed by atoms with Crippen LogP contribution >= 0.6 is 0 Å². The number of hydrogen-bond donors (Lipinski definition) is 3. The van der Waals surface area contributed by atoms with Crippen molar-refractivity contribution in [2.45, 2.75) is 13.3 Å². The second-order valence-electron chi connectivity index (χ2n) is 5.31. The zero-order valence-electron chi connectivity index (χ0n) is 13.4. The van der Waals surface area contributed by atoms with Crippen LogP contribution in [0.5, 0.6) is 0 Å². The summed E-state index contributed by atoms with van der Waals surface area (Å²) in [6.07, 6.45) is -0.204. The number of benzene rings is 2. The first-order valence-electron chi connectivity index (χ1n) is 7.40. The zero-order chi connectivity index (χ0) is 18.4. The molecule has 0 saturated carbocycles. The average molecular weight is 340 g/mol. The Kier molecular flexibility index (Phi) is 5.62. The minimum Gasteiger partial charge on any atom is -0.478 e. The van der Waals surface area contributed by atoms with Gasteiger partial charge in [-0.1, -0.05) is 12.1 Å². The number of nitrogens with one attached hydrogen (secondary N) is 2. The van der Waals surface area contributed by atoms with Gasteiger partial charge in [0.05, 0.1) is 17.5 Å². The molecule has 0 aliphatic carbocycles. The van der Waals surface area contributed by atoms with E-state index in [9.17, 15) is 19.2 Å². The van der Waals surface area contributed by atoms with E-state index in [1.54, 1.807) is 36.4 Å². The van der Waals surface area contributed by atoms with Gasteiger partial charge < -0.3 is 15.7 Å². The minimum atomic E-state index is -1.19. The molecule has 0 radical (unpaired) electrons. The van der Waals surface area contributed by atoms with Gasteiger partial charge in [0, 0.05) is 11.4 Å². The molecule has 0 bridgehead atoms. The number of hydrogen-bond acceptors (Lipinski definition) is 4. The SMILES string of the molecule is CC(=O)CC(=O)Nc1ccc(NC(=O)c2ccccc2C(=O)O)cc1. The molecule has 0 unspecified atom stereocenters. The van der Waals surface area contributed by atoms with E-state index in [-0.39, 0.29) is 23.3 Å². The molecule has 0 heterocycles. The van der Waals surface area contributed by atoms with Crippen LogP contribution in [0, 0.1) is 0 Å². The summed E-state index contributed by atoms with van der Waals surface area (Å²) in [5.41, 5.74) is 0.881. The Labute approximate surface area is 143 Å².